The van der Waals surface area contributed by atoms with E-state index < -0.39 is 0 Å². The van der Waals surface area contributed by atoms with Gasteiger partial charge in [0.25, 0.3) is 0 Å². The van der Waals surface area contributed by atoms with Gasteiger partial charge in [-0.1, -0.05) is 26.0 Å². The van der Waals surface area contributed by atoms with Gasteiger partial charge in [0.2, 0.25) is 0 Å². The third-order valence-electron chi connectivity index (χ3n) is 2.19. The molecule has 1 heteroatoms. The predicted octanol–water partition coefficient (Wildman–Crippen LogP) is 3.72. The molecule has 0 aromatic heterocycles. The normalized spacial score (nSPS) is 11.1. The van der Waals surface area contributed by atoms with Crippen LogP contribution in [0.2, 0.25) is 0 Å². The van der Waals surface area contributed by atoms with E-state index >= 15 is 0 Å². The monoisotopic (exact) mass is 191 g/mol. The van der Waals surface area contributed by atoms with Gasteiger partial charge in [-0.05, 0) is 43.9 Å². The maximum atomic E-state index is 5.57. The lowest BCUT2D eigenvalue weighted by molar-refractivity contribution is 0.265. The van der Waals surface area contributed by atoms with Crippen molar-refractivity contribution in [1.29, 1.82) is 0 Å². The van der Waals surface area contributed by atoms with Crippen molar-refractivity contribution in [1.82, 2.24) is 0 Å². The Bertz CT molecular complexity index is 300. The quantitative estimate of drug-likeness (QED) is 0.707. The first-order chi connectivity index (χ1) is 6.50. The molecule has 0 bridgehead atoms. The van der Waals surface area contributed by atoms with Crippen LogP contribution in [0.1, 0.15) is 37.8 Å². The number of hydrogen-bond donors (Lipinski definition) is 0. The topological polar surface area (TPSA) is 9.23 Å². The molecule has 0 spiro atoms. The highest BCUT2D eigenvalue weighted by Crippen LogP contribution is 2.24. The van der Waals surface area contributed by atoms with E-state index in [-0.39, 0.29) is 6.10 Å². The molecule has 1 rings (SSSR count). The highest BCUT2D eigenvalue weighted by molar-refractivity contribution is 5.37. The van der Waals surface area contributed by atoms with E-state index in [4.69, 9.17) is 4.74 Å². The molecular weight excluding hydrogens is 172 g/mol. The zero-order valence-electron chi connectivity index (χ0n) is 9.50. The smallest absolute Gasteiger partial charge is 0.122 e. The summed E-state index contributed by atoms with van der Waals surface area (Å²) in [7, 11) is 0. The van der Waals surface area contributed by atoms with Gasteiger partial charge < -0.3 is 4.74 Å². The second kappa shape index (κ2) is 4.50. The summed E-state index contributed by atoms with van der Waals surface area (Å²) in [6.45, 7) is 12.2. The van der Waals surface area contributed by atoms with E-state index in [1.165, 1.54) is 11.1 Å². The minimum absolute atomic E-state index is 0.00130. The molecule has 77 valence electrons. The molecule has 0 saturated heterocycles. The highest BCUT2D eigenvalue weighted by atomic mass is 16.5. The fourth-order valence-corrected chi connectivity index (χ4v) is 1.38. The van der Waals surface area contributed by atoms with Gasteiger partial charge in [0.05, 0.1) is 6.10 Å². The molecule has 0 amide bonds. The van der Waals surface area contributed by atoms with Crippen LogP contribution < -0.4 is 4.74 Å². The lowest BCUT2D eigenvalue weighted by Gasteiger charge is -2.14. The average Bonchev–Trinajstić information content (AvgIpc) is 2.07. The minimum atomic E-state index is -0.00130. The van der Waals surface area contributed by atoms with E-state index in [0.29, 0.717) is 5.92 Å². The van der Waals surface area contributed by atoms with Crippen LogP contribution in [0.5, 0.6) is 5.75 Å². The van der Waals surface area contributed by atoms with Crippen LogP contribution in [-0.2, 0) is 0 Å². The number of benzene rings is 1. The number of rotatable bonds is 3. The molecule has 0 saturated carbocycles. The molecule has 1 radical (unpaired) electrons. The van der Waals surface area contributed by atoms with Crippen molar-refractivity contribution < 1.29 is 4.74 Å². The summed E-state index contributed by atoms with van der Waals surface area (Å²) in [6, 6.07) is 6.34. The Morgan fingerprint density at radius 3 is 2.29 bits per heavy atom. The van der Waals surface area contributed by atoms with Crippen molar-refractivity contribution in [2.75, 3.05) is 0 Å². The van der Waals surface area contributed by atoms with E-state index in [0.717, 1.165) is 5.75 Å². The number of aryl methyl sites for hydroxylation is 1. The predicted molar refractivity (Wildman–Crippen MR) is 60.7 cm³/mol. The first kappa shape index (κ1) is 11.1. The Kier molecular flexibility index (Phi) is 3.56. The molecule has 1 aromatic rings. The summed E-state index contributed by atoms with van der Waals surface area (Å²) in [4.78, 5) is 0. The van der Waals surface area contributed by atoms with Gasteiger partial charge in [-0.2, -0.15) is 0 Å². The van der Waals surface area contributed by atoms with E-state index in [9.17, 15) is 0 Å². The lowest BCUT2D eigenvalue weighted by atomic mass is 10.0. The van der Waals surface area contributed by atoms with Crippen LogP contribution in [0.3, 0.4) is 0 Å². The van der Waals surface area contributed by atoms with E-state index in [2.05, 4.69) is 39.8 Å². The third-order valence-corrected chi connectivity index (χ3v) is 2.19. The minimum Gasteiger partial charge on any atom is -0.490 e. The highest BCUT2D eigenvalue weighted by Gasteiger charge is 2.05. The fraction of sp³-hybridized carbons (Fsp3) is 0.462. The summed E-state index contributed by atoms with van der Waals surface area (Å²) in [6.07, 6.45) is -0.00130. The lowest BCUT2D eigenvalue weighted by Crippen LogP contribution is -2.07. The maximum Gasteiger partial charge on any atom is 0.122 e. The molecule has 0 aliphatic heterocycles. The number of ether oxygens (including phenoxy) is 1. The molecule has 0 aliphatic rings. The largest absolute Gasteiger partial charge is 0.490 e. The van der Waals surface area contributed by atoms with Gasteiger partial charge in [-0.3, -0.25) is 0 Å². The second-order valence-electron chi connectivity index (χ2n) is 4.11. The summed E-state index contributed by atoms with van der Waals surface area (Å²) < 4.78 is 5.57. The molecular formula is C13H19O. The molecule has 1 aromatic carbocycles. The summed E-state index contributed by atoms with van der Waals surface area (Å²) in [5.41, 5.74) is 2.54. The Labute approximate surface area is 87.1 Å². The molecule has 0 heterocycles. The standard InChI is InChI=1S/C13H19O/c1-9(2)12-6-7-13(11(5)8-12)14-10(3)4/h6-10H,3H2,1-2,4-5H3. The third kappa shape index (κ3) is 2.76. The molecule has 0 fully saturated rings. The van der Waals surface area contributed by atoms with Gasteiger partial charge in [0.1, 0.15) is 5.75 Å². The SMILES string of the molecule is [CH2]C(C)Oc1ccc(C(C)C)cc1C. The molecule has 1 nitrogen and oxygen atoms in total. The van der Waals surface area contributed by atoms with Crippen molar-refractivity contribution in [2.24, 2.45) is 0 Å². The Morgan fingerprint density at radius 1 is 1.21 bits per heavy atom. The van der Waals surface area contributed by atoms with Crippen LogP contribution >= 0.6 is 0 Å². The number of hydrogen-bond acceptors (Lipinski definition) is 1. The van der Waals surface area contributed by atoms with Crippen molar-refractivity contribution in [3.05, 3.63) is 36.2 Å². The zero-order chi connectivity index (χ0) is 10.7. The maximum absolute atomic E-state index is 5.57. The average molecular weight is 191 g/mol. The molecule has 0 N–H and O–H groups in total. The Morgan fingerprint density at radius 2 is 1.86 bits per heavy atom. The van der Waals surface area contributed by atoms with Crippen LogP contribution in [-0.4, -0.2) is 6.10 Å². The van der Waals surface area contributed by atoms with Gasteiger partial charge in [-0.15, -0.1) is 0 Å². The van der Waals surface area contributed by atoms with Crippen LogP contribution in [0.25, 0.3) is 0 Å². The summed E-state index contributed by atoms with van der Waals surface area (Å²) in [5.74, 6) is 1.51. The Balaban J connectivity index is 2.90. The first-order valence-corrected chi connectivity index (χ1v) is 5.11. The summed E-state index contributed by atoms with van der Waals surface area (Å²) >= 11 is 0. The zero-order valence-corrected chi connectivity index (χ0v) is 9.50. The van der Waals surface area contributed by atoms with Gasteiger partial charge in [0.15, 0.2) is 0 Å². The van der Waals surface area contributed by atoms with E-state index in [1.54, 1.807) is 0 Å². The fourth-order valence-electron chi connectivity index (χ4n) is 1.38. The van der Waals surface area contributed by atoms with Crippen molar-refractivity contribution >= 4 is 0 Å². The molecule has 0 aliphatic carbocycles. The van der Waals surface area contributed by atoms with Crippen LogP contribution in [0.4, 0.5) is 0 Å². The van der Waals surface area contributed by atoms with E-state index in [1.807, 2.05) is 13.0 Å². The van der Waals surface area contributed by atoms with Gasteiger partial charge in [-0.25, -0.2) is 0 Å². The first-order valence-electron chi connectivity index (χ1n) is 5.11. The van der Waals surface area contributed by atoms with Crippen molar-refractivity contribution in [3.63, 3.8) is 0 Å². The molecule has 14 heavy (non-hydrogen) atoms. The van der Waals surface area contributed by atoms with Crippen LogP contribution in [0.15, 0.2) is 18.2 Å². The van der Waals surface area contributed by atoms with Gasteiger partial charge in [0, 0.05) is 0 Å². The van der Waals surface area contributed by atoms with Crippen LogP contribution in [0, 0.1) is 13.8 Å². The van der Waals surface area contributed by atoms with Crippen molar-refractivity contribution in [3.8, 4) is 5.75 Å². The van der Waals surface area contributed by atoms with Crippen molar-refractivity contribution in [2.45, 2.75) is 39.7 Å². The molecule has 1 atom stereocenters. The van der Waals surface area contributed by atoms with Gasteiger partial charge >= 0.3 is 0 Å². The second-order valence-corrected chi connectivity index (χ2v) is 4.11. The summed E-state index contributed by atoms with van der Waals surface area (Å²) in [5, 5.41) is 0. The Hall–Kier alpha value is -0.980. The molecule has 1 unspecified atom stereocenters.